The van der Waals surface area contributed by atoms with Crippen LogP contribution in [0.25, 0.3) is 0 Å². The van der Waals surface area contributed by atoms with E-state index in [1.54, 1.807) is 11.8 Å². The Labute approximate surface area is 130 Å². The van der Waals surface area contributed by atoms with E-state index < -0.39 is 11.1 Å². The number of nitrogens with one attached hydrogen (secondary N) is 1. The van der Waals surface area contributed by atoms with Crippen molar-refractivity contribution in [2.24, 2.45) is 11.7 Å². The third-order valence-corrected chi connectivity index (χ3v) is 5.95. The molecule has 3 unspecified atom stereocenters. The predicted octanol–water partition coefficient (Wildman–Crippen LogP) is 1.45. The molecule has 120 valence electrons. The number of hydrogen-bond donors (Lipinski definition) is 2. The van der Waals surface area contributed by atoms with Gasteiger partial charge in [0.1, 0.15) is 11.1 Å². The summed E-state index contributed by atoms with van der Waals surface area (Å²) in [4.78, 5) is 24.9. The summed E-state index contributed by atoms with van der Waals surface area (Å²) >= 11 is 1.70. The van der Waals surface area contributed by atoms with Gasteiger partial charge < -0.3 is 15.8 Å². The molecule has 1 aliphatic heterocycles. The molecule has 1 amide bonds. The van der Waals surface area contributed by atoms with Crippen LogP contribution in [0.4, 0.5) is 0 Å². The molecule has 2 rings (SSSR count). The maximum Gasteiger partial charge on any atom is 0.331 e. The molecular weight excluding hydrogens is 288 g/mol. The van der Waals surface area contributed by atoms with E-state index in [1.165, 1.54) is 7.11 Å². The maximum atomic E-state index is 12.7. The van der Waals surface area contributed by atoms with Gasteiger partial charge in [-0.2, -0.15) is 11.8 Å². The molecule has 3 atom stereocenters. The van der Waals surface area contributed by atoms with Crippen LogP contribution >= 0.6 is 11.8 Å². The zero-order valence-corrected chi connectivity index (χ0v) is 13.8. The average molecular weight is 314 g/mol. The fraction of sp³-hybridized carbons (Fsp3) is 0.867. The zero-order chi connectivity index (χ0) is 15.5. The quantitative estimate of drug-likeness (QED) is 0.771. The van der Waals surface area contributed by atoms with Crippen molar-refractivity contribution in [3.05, 3.63) is 0 Å². The summed E-state index contributed by atoms with van der Waals surface area (Å²) in [5.41, 5.74) is 4.52. The fourth-order valence-electron chi connectivity index (χ4n) is 3.43. The number of nitrogens with two attached hydrogens (primary N) is 1. The standard InChI is InChI=1S/C15H26N2O3S/c1-11-5-3-7-15(9-11,13(19)20-2)17-12(18)14(16)6-4-8-21-10-14/h11H,3-10,16H2,1-2H3,(H,17,18). The van der Waals surface area contributed by atoms with Crippen molar-refractivity contribution in [1.29, 1.82) is 0 Å². The first-order valence-electron chi connectivity index (χ1n) is 7.69. The molecule has 5 nitrogen and oxygen atoms in total. The minimum absolute atomic E-state index is 0.200. The van der Waals surface area contributed by atoms with Gasteiger partial charge in [0.2, 0.25) is 5.91 Å². The van der Waals surface area contributed by atoms with Crippen molar-refractivity contribution in [1.82, 2.24) is 5.32 Å². The molecule has 6 heteroatoms. The highest BCUT2D eigenvalue weighted by Gasteiger charge is 2.47. The van der Waals surface area contributed by atoms with Crippen molar-refractivity contribution >= 4 is 23.6 Å². The Hall–Kier alpha value is -0.750. The number of amides is 1. The molecule has 2 fully saturated rings. The van der Waals surface area contributed by atoms with Gasteiger partial charge in [0, 0.05) is 5.75 Å². The molecule has 0 bridgehead atoms. The summed E-state index contributed by atoms with van der Waals surface area (Å²) in [6.07, 6.45) is 4.89. The van der Waals surface area contributed by atoms with Crippen molar-refractivity contribution in [2.75, 3.05) is 18.6 Å². The van der Waals surface area contributed by atoms with Gasteiger partial charge in [-0.15, -0.1) is 0 Å². The van der Waals surface area contributed by atoms with Gasteiger partial charge >= 0.3 is 5.97 Å². The number of thioether (sulfide) groups is 1. The minimum Gasteiger partial charge on any atom is -0.467 e. The number of ether oxygens (including phenoxy) is 1. The van der Waals surface area contributed by atoms with E-state index in [1.807, 2.05) is 0 Å². The second-order valence-electron chi connectivity index (χ2n) is 6.54. The van der Waals surface area contributed by atoms with Crippen LogP contribution in [0.1, 0.15) is 45.4 Å². The van der Waals surface area contributed by atoms with Crippen LogP contribution in [-0.2, 0) is 14.3 Å². The number of hydrogen-bond acceptors (Lipinski definition) is 5. The van der Waals surface area contributed by atoms with E-state index in [0.717, 1.165) is 25.0 Å². The van der Waals surface area contributed by atoms with Gasteiger partial charge in [0.25, 0.3) is 0 Å². The second-order valence-corrected chi connectivity index (χ2v) is 7.65. The van der Waals surface area contributed by atoms with Crippen LogP contribution in [0.3, 0.4) is 0 Å². The molecule has 1 aliphatic carbocycles. The maximum absolute atomic E-state index is 12.7. The van der Waals surface area contributed by atoms with Gasteiger partial charge in [-0.25, -0.2) is 4.79 Å². The van der Waals surface area contributed by atoms with Crippen LogP contribution in [-0.4, -0.2) is 41.6 Å². The van der Waals surface area contributed by atoms with Crippen LogP contribution in [0.2, 0.25) is 0 Å². The lowest BCUT2D eigenvalue weighted by Gasteiger charge is -2.41. The zero-order valence-electron chi connectivity index (χ0n) is 12.9. The third-order valence-electron chi connectivity index (χ3n) is 4.65. The normalized spacial score (nSPS) is 36.8. The lowest BCUT2D eigenvalue weighted by Crippen LogP contribution is -2.65. The molecule has 21 heavy (non-hydrogen) atoms. The summed E-state index contributed by atoms with van der Waals surface area (Å²) in [5.74, 6) is 1.52. The highest BCUT2D eigenvalue weighted by atomic mass is 32.2. The Balaban J connectivity index is 2.14. The number of esters is 1. The number of carbonyl (C=O) groups is 2. The van der Waals surface area contributed by atoms with Crippen LogP contribution in [0, 0.1) is 5.92 Å². The first kappa shape index (κ1) is 16.6. The van der Waals surface area contributed by atoms with Gasteiger partial charge in [0.05, 0.1) is 7.11 Å². The van der Waals surface area contributed by atoms with Crippen molar-refractivity contribution in [3.8, 4) is 0 Å². The molecule has 1 saturated heterocycles. The Morgan fingerprint density at radius 2 is 2.10 bits per heavy atom. The van der Waals surface area contributed by atoms with Gasteiger partial charge in [-0.3, -0.25) is 4.79 Å². The van der Waals surface area contributed by atoms with Gasteiger partial charge in [-0.1, -0.05) is 19.8 Å². The monoisotopic (exact) mass is 314 g/mol. The number of methoxy groups -OCH3 is 1. The average Bonchev–Trinajstić information content (AvgIpc) is 2.47. The van der Waals surface area contributed by atoms with Crippen LogP contribution < -0.4 is 11.1 Å². The molecule has 3 N–H and O–H groups in total. The van der Waals surface area contributed by atoms with Crippen molar-refractivity contribution in [3.63, 3.8) is 0 Å². The summed E-state index contributed by atoms with van der Waals surface area (Å²) in [5, 5.41) is 2.97. The smallest absolute Gasteiger partial charge is 0.331 e. The van der Waals surface area contributed by atoms with Gasteiger partial charge in [-0.05, 0) is 37.4 Å². The first-order chi connectivity index (χ1) is 9.92. The minimum atomic E-state index is -0.891. The van der Waals surface area contributed by atoms with E-state index >= 15 is 0 Å². The summed E-state index contributed by atoms with van der Waals surface area (Å²) < 4.78 is 4.96. The second kappa shape index (κ2) is 6.57. The largest absolute Gasteiger partial charge is 0.467 e. The molecular formula is C15H26N2O3S. The van der Waals surface area contributed by atoms with E-state index in [9.17, 15) is 9.59 Å². The number of rotatable bonds is 3. The SMILES string of the molecule is COC(=O)C1(NC(=O)C2(N)CCCSC2)CCCC(C)C1. The Bertz CT molecular complexity index is 410. The van der Waals surface area contributed by atoms with E-state index in [2.05, 4.69) is 12.2 Å². The Morgan fingerprint density at radius 3 is 2.67 bits per heavy atom. The first-order valence-corrected chi connectivity index (χ1v) is 8.85. The Morgan fingerprint density at radius 1 is 1.33 bits per heavy atom. The Kier molecular flexibility index (Phi) is 5.20. The van der Waals surface area contributed by atoms with Crippen LogP contribution in [0.5, 0.6) is 0 Å². The molecule has 0 spiro atoms. The number of carbonyl (C=O) groups excluding carboxylic acids is 2. The van der Waals surface area contributed by atoms with Crippen molar-refractivity contribution < 1.29 is 14.3 Å². The highest BCUT2D eigenvalue weighted by molar-refractivity contribution is 7.99. The molecule has 0 radical (unpaired) electrons. The van der Waals surface area contributed by atoms with Crippen LogP contribution in [0.15, 0.2) is 0 Å². The van der Waals surface area contributed by atoms with E-state index in [0.29, 0.717) is 30.9 Å². The van der Waals surface area contributed by atoms with Crippen molar-refractivity contribution in [2.45, 2.75) is 56.5 Å². The lowest BCUT2D eigenvalue weighted by molar-refractivity contribution is -0.154. The topological polar surface area (TPSA) is 81.4 Å². The van der Waals surface area contributed by atoms with E-state index in [-0.39, 0.29) is 11.9 Å². The molecule has 1 heterocycles. The predicted molar refractivity (Wildman–Crippen MR) is 84.0 cm³/mol. The molecule has 0 aromatic carbocycles. The third kappa shape index (κ3) is 3.54. The summed E-state index contributed by atoms with van der Waals surface area (Å²) in [7, 11) is 1.38. The lowest BCUT2D eigenvalue weighted by atomic mass is 9.75. The highest BCUT2D eigenvalue weighted by Crippen LogP contribution is 2.34. The van der Waals surface area contributed by atoms with E-state index in [4.69, 9.17) is 10.5 Å². The van der Waals surface area contributed by atoms with Gasteiger partial charge in [0.15, 0.2) is 0 Å². The summed E-state index contributed by atoms with van der Waals surface area (Å²) in [6.45, 7) is 2.11. The molecule has 2 aliphatic rings. The summed E-state index contributed by atoms with van der Waals surface area (Å²) in [6, 6.07) is 0. The molecule has 0 aromatic heterocycles. The molecule has 1 saturated carbocycles. The fourth-order valence-corrected chi connectivity index (χ4v) is 4.57. The molecule has 0 aromatic rings.